The fourth-order valence-electron chi connectivity index (χ4n) is 2.93. The zero-order valence-corrected chi connectivity index (χ0v) is 15.4. The molecule has 1 atom stereocenters. The van der Waals surface area contributed by atoms with Crippen LogP contribution in [0.3, 0.4) is 0 Å². The Kier molecular flexibility index (Phi) is 5.39. The number of aromatic nitrogens is 2. The predicted molar refractivity (Wildman–Crippen MR) is 104 cm³/mol. The lowest BCUT2D eigenvalue weighted by Gasteiger charge is -2.15. The van der Waals surface area contributed by atoms with Gasteiger partial charge in [-0.15, -0.1) is 0 Å². The first kappa shape index (κ1) is 19.1. The molecule has 3 rings (SSSR count). The molecule has 3 amide bonds. The quantitative estimate of drug-likeness (QED) is 0.632. The summed E-state index contributed by atoms with van der Waals surface area (Å²) in [6.07, 6.45) is 1.68. The van der Waals surface area contributed by atoms with Crippen LogP contribution in [0.4, 0.5) is 14.9 Å². The molecule has 0 aliphatic heterocycles. The number of carbonyl (C=O) groups is 2. The molecule has 2 aromatic carbocycles. The standard InChI is InChI=1S/C20H20FN5O2/c1-12(24-19(27)14-4-3-5-16(10-14)25-20(22)28)18-11-23-26(13(18)2)17-8-6-15(21)7-9-17/h3-12H,1-2H3,(H,24,27)(H3,22,25,28)/t12-/m0/s1. The highest BCUT2D eigenvalue weighted by atomic mass is 19.1. The summed E-state index contributed by atoms with van der Waals surface area (Å²) >= 11 is 0. The van der Waals surface area contributed by atoms with E-state index in [2.05, 4.69) is 15.7 Å². The molecule has 1 heterocycles. The van der Waals surface area contributed by atoms with Crippen molar-refractivity contribution in [2.45, 2.75) is 19.9 Å². The fourth-order valence-corrected chi connectivity index (χ4v) is 2.93. The van der Waals surface area contributed by atoms with Crippen molar-refractivity contribution < 1.29 is 14.0 Å². The van der Waals surface area contributed by atoms with Gasteiger partial charge < -0.3 is 16.4 Å². The van der Waals surface area contributed by atoms with Crippen LogP contribution in [0.1, 0.15) is 34.6 Å². The first-order valence-electron chi connectivity index (χ1n) is 8.63. The van der Waals surface area contributed by atoms with Gasteiger partial charge in [0.15, 0.2) is 0 Å². The third-order valence-corrected chi connectivity index (χ3v) is 4.33. The summed E-state index contributed by atoms with van der Waals surface area (Å²) in [6.45, 7) is 3.73. The largest absolute Gasteiger partial charge is 0.351 e. The van der Waals surface area contributed by atoms with Crippen LogP contribution < -0.4 is 16.4 Å². The monoisotopic (exact) mass is 381 g/mol. The second kappa shape index (κ2) is 7.91. The molecule has 0 fully saturated rings. The Balaban J connectivity index is 1.76. The van der Waals surface area contributed by atoms with Crippen molar-refractivity contribution in [2.24, 2.45) is 5.73 Å². The minimum atomic E-state index is -0.699. The van der Waals surface area contributed by atoms with Crippen LogP contribution in [-0.4, -0.2) is 21.7 Å². The van der Waals surface area contributed by atoms with Gasteiger partial charge in [0.25, 0.3) is 5.91 Å². The molecule has 0 bridgehead atoms. The van der Waals surface area contributed by atoms with E-state index in [1.165, 1.54) is 12.1 Å². The third-order valence-electron chi connectivity index (χ3n) is 4.33. The van der Waals surface area contributed by atoms with Crippen LogP contribution in [0.15, 0.2) is 54.7 Å². The Hall–Kier alpha value is -3.68. The molecular formula is C20H20FN5O2. The number of urea groups is 1. The molecule has 0 saturated carbocycles. The summed E-state index contributed by atoms with van der Waals surface area (Å²) in [5.74, 6) is -0.614. The van der Waals surface area contributed by atoms with Gasteiger partial charge in [-0.3, -0.25) is 4.79 Å². The second-order valence-corrected chi connectivity index (χ2v) is 6.34. The molecule has 0 aliphatic rings. The molecule has 0 saturated heterocycles. The van der Waals surface area contributed by atoms with Gasteiger partial charge in [-0.25, -0.2) is 13.9 Å². The number of hydrogen-bond donors (Lipinski definition) is 3. The van der Waals surface area contributed by atoms with Gasteiger partial charge in [-0.1, -0.05) is 6.07 Å². The van der Waals surface area contributed by atoms with Gasteiger partial charge in [0.05, 0.1) is 17.9 Å². The lowest BCUT2D eigenvalue weighted by Crippen LogP contribution is -2.27. The molecular weight excluding hydrogens is 361 g/mol. The third kappa shape index (κ3) is 4.17. The van der Waals surface area contributed by atoms with Crippen molar-refractivity contribution >= 4 is 17.6 Å². The van der Waals surface area contributed by atoms with Gasteiger partial charge in [0.1, 0.15) is 5.82 Å². The number of nitrogens with zero attached hydrogens (tertiary/aromatic N) is 2. The highest BCUT2D eigenvalue weighted by molar-refractivity contribution is 5.96. The topological polar surface area (TPSA) is 102 Å². The van der Waals surface area contributed by atoms with Crippen LogP contribution in [0.5, 0.6) is 0 Å². The molecule has 3 aromatic rings. The summed E-state index contributed by atoms with van der Waals surface area (Å²) in [6, 6.07) is 11.5. The fraction of sp³-hybridized carbons (Fsp3) is 0.150. The van der Waals surface area contributed by atoms with Gasteiger partial charge in [0.2, 0.25) is 0 Å². The van der Waals surface area contributed by atoms with E-state index >= 15 is 0 Å². The van der Waals surface area contributed by atoms with Crippen molar-refractivity contribution in [3.8, 4) is 5.69 Å². The van der Waals surface area contributed by atoms with Crippen LogP contribution in [0, 0.1) is 12.7 Å². The normalized spacial score (nSPS) is 11.7. The van der Waals surface area contributed by atoms with Gasteiger partial charge in [-0.2, -0.15) is 5.10 Å². The average Bonchev–Trinajstić information content (AvgIpc) is 3.03. The summed E-state index contributed by atoms with van der Waals surface area (Å²) in [4.78, 5) is 23.5. The maximum atomic E-state index is 13.1. The SMILES string of the molecule is Cc1c([C@H](C)NC(=O)c2cccc(NC(N)=O)c2)cnn1-c1ccc(F)cc1. The van der Waals surface area contributed by atoms with Gasteiger partial charge in [0, 0.05) is 22.5 Å². The minimum absolute atomic E-state index is 0.297. The number of hydrogen-bond acceptors (Lipinski definition) is 3. The summed E-state index contributed by atoms with van der Waals surface area (Å²) in [5.41, 5.74) is 8.33. The Morgan fingerprint density at radius 1 is 1.18 bits per heavy atom. The molecule has 28 heavy (non-hydrogen) atoms. The maximum Gasteiger partial charge on any atom is 0.316 e. The number of carbonyl (C=O) groups excluding carboxylic acids is 2. The smallest absolute Gasteiger partial charge is 0.316 e. The van der Waals surface area contributed by atoms with Crippen molar-refractivity contribution in [3.63, 3.8) is 0 Å². The van der Waals surface area contributed by atoms with E-state index in [0.717, 1.165) is 16.9 Å². The highest BCUT2D eigenvalue weighted by Crippen LogP contribution is 2.21. The summed E-state index contributed by atoms with van der Waals surface area (Å²) < 4.78 is 14.8. The molecule has 1 aromatic heterocycles. The maximum absolute atomic E-state index is 13.1. The average molecular weight is 381 g/mol. The van der Waals surface area contributed by atoms with Crippen LogP contribution in [-0.2, 0) is 0 Å². The van der Waals surface area contributed by atoms with Crippen molar-refractivity contribution in [1.29, 1.82) is 0 Å². The van der Waals surface area contributed by atoms with E-state index in [9.17, 15) is 14.0 Å². The van der Waals surface area contributed by atoms with Crippen molar-refractivity contribution in [3.05, 3.63) is 77.4 Å². The number of amides is 3. The van der Waals surface area contributed by atoms with Crippen LogP contribution in [0.25, 0.3) is 5.69 Å². The highest BCUT2D eigenvalue weighted by Gasteiger charge is 2.17. The van der Waals surface area contributed by atoms with Crippen molar-refractivity contribution in [2.75, 3.05) is 5.32 Å². The van der Waals surface area contributed by atoms with E-state index in [1.807, 2.05) is 13.8 Å². The lowest BCUT2D eigenvalue weighted by atomic mass is 10.1. The molecule has 8 heteroatoms. The first-order valence-corrected chi connectivity index (χ1v) is 8.63. The Labute approximate surface area is 161 Å². The molecule has 0 aliphatic carbocycles. The zero-order valence-electron chi connectivity index (χ0n) is 15.4. The van der Waals surface area contributed by atoms with Gasteiger partial charge >= 0.3 is 6.03 Å². The van der Waals surface area contributed by atoms with Crippen molar-refractivity contribution in [1.82, 2.24) is 15.1 Å². The first-order chi connectivity index (χ1) is 13.3. The Morgan fingerprint density at radius 3 is 2.57 bits per heavy atom. The molecule has 0 unspecified atom stereocenters. The van der Waals surface area contributed by atoms with Crippen LogP contribution >= 0.6 is 0 Å². The van der Waals surface area contributed by atoms with E-state index in [-0.39, 0.29) is 17.8 Å². The van der Waals surface area contributed by atoms with E-state index in [0.29, 0.717) is 11.3 Å². The molecule has 144 valence electrons. The Bertz CT molecular complexity index is 1010. The number of nitrogens with one attached hydrogen (secondary N) is 2. The Morgan fingerprint density at radius 2 is 1.89 bits per heavy atom. The number of anilines is 1. The summed E-state index contributed by atoms with van der Waals surface area (Å²) in [7, 11) is 0. The molecule has 0 radical (unpaired) electrons. The van der Waals surface area contributed by atoms with E-state index in [4.69, 9.17) is 5.73 Å². The van der Waals surface area contributed by atoms with E-state index < -0.39 is 6.03 Å². The second-order valence-electron chi connectivity index (χ2n) is 6.34. The number of halogens is 1. The number of nitrogens with two attached hydrogens (primary N) is 1. The van der Waals surface area contributed by atoms with E-state index in [1.54, 1.807) is 47.3 Å². The van der Waals surface area contributed by atoms with Gasteiger partial charge in [-0.05, 0) is 56.3 Å². The number of primary amides is 1. The predicted octanol–water partition coefficient (Wildman–Crippen LogP) is 3.30. The zero-order chi connectivity index (χ0) is 20.3. The minimum Gasteiger partial charge on any atom is -0.351 e. The van der Waals surface area contributed by atoms with Crippen LogP contribution in [0.2, 0.25) is 0 Å². The molecule has 4 N–H and O–H groups in total. The molecule has 7 nitrogen and oxygen atoms in total. The summed E-state index contributed by atoms with van der Waals surface area (Å²) in [5, 5.41) is 9.70. The number of rotatable bonds is 5. The number of benzene rings is 2. The molecule has 0 spiro atoms. The lowest BCUT2D eigenvalue weighted by molar-refractivity contribution is 0.0940.